The summed E-state index contributed by atoms with van der Waals surface area (Å²) < 4.78 is 0. The number of nitrogens with zero attached hydrogens (tertiary/aromatic N) is 1. The minimum Gasteiger partial charge on any atom is -0.384 e. The molecule has 0 radical (unpaired) electrons. The maximum atomic E-state index is 5.60. The van der Waals surface area contributed by atoms with Crippen LogP contribution in [0.1, 0.15) is 24.0 Å². The van der Waals surface area contributed by atoms with Crippen LogP contribution >= 0.6 is 0 Å². The Balaban J connectivity index is 2.01. The number of rotatable bonds is 1. The number of fused-ring (bicyclic) bond motifs is 1. The summed E-state index contributed by atoms with van der Waals surface area (Å²) in [5, 5.41) is 0. The summed E-state index contributed by atoms with van der Waals surface area (Å²) in [5.74, 6) is 0.576. The number of nitrogens with two attached hydrogens (primary N) is 1. The maximum absolute atomic E-state index is 5.60. The molecular formula is C15H16N2. The molecule has 2 heteroatoms. The van der Waals surface area contributed by atoms with E-state index in [9.17, 15) is 0 Å². The molecule has 1 aliphatic carbocycles. The number of nitrogen functional groups attached to an aromatic ring is 1. The van der Waals surface area contributed by atoms with Gasteiger partial charge in [0.1, 0.15) is 5.82 Å². The molecule has 1 aromatic carbocycles. The predicted octanol–water partition coefficient (Wildman–Crippen LogP) is 3.21. The smallest absolute Gasteiger partial charge is 0.123 e. The van der Waals surface area contributed by atoms with E-state index in [1.54, 1.807) is 0 Å². The first-order valence-electron chi connectivity index (χ1n) is 6.16. The summed E-state index contributed by atoms with van der Waals surface area (Å²) in [5.41, 5.74) is 11.0. The van der Waals surface area contributed by atoms with Crippen LogP contribution in [0.5, 0.6) is 0 Å². The van der Waals surface area contributed by atoms with Crippen LogP contribution in [-0.2, 0) is 12.8 Å². The van der Waals surface area contributed by atoms with Gasteiger partial charge in [0.25, 0.3) is 0 Å². The number of hydrogen-bond acceptors (Lipinski definition) is 2. The molecule has 1 aliphatic rings. The van der Waals surface area contributed by atoms with Gasteiger partial charge in [0.2, 0.25) is 0 Å². The number of aromatic nitrogens is 1. The van der Waals surface area contributed by atoms with E-state index >= 15 is 0 Å². The monoisotopic (exact) mass is 224 g/mol. The van der Waals surface area contributed by atoms with E-state index in [1.807, 2.05) is 18.3 Å². The molecule has 1 heterocycles. The first-order valence-corrected chi connectivity index (χ1v) is 6.16. The van der Waals surface area contributed by atoms with Gasteiger partial charge in [-0.2, -0.15) is 0 Å². The van der Waals surface area contributed by atoms with Crippen molar-refractivity contribution in [2.24, 2.45) is 0 Å². The van der Waals surface area contributed by atoms with Crippen molar-refractivity contribution < 1.29 is 0 Å². The Kier molecular flexibility index (Phi) is 2.56. The fourth-order valence-electron chi connectivity index (χ4n) is 2.49. The van der Waals surface area contributed by atoms with E-state index in [-0.39, 0.29) is 0 Å². The van der Waals surface area contributed by atoms with Crippen molar-refractivity contribution >= 4 is 5.82 Å². The Labute approximate surface area is 102 Å². The van der Waals surface area contributed by atoms with Crippen LogP contribution in [0, 0.1) is 0 Å². The van der Waals surface area contributed by atoms with Crippen LogP contribution in [0.15, 0.2) is 36.5 Å². The lowest BCUT2D eigenvalue weighted by atomic mass is 9.89. The van der Waals surface area contributed by atoms with Crippen molar-refractivity contribution in [3.05, 3.63) is 47.7 Å². The third-order valence-electron chi connectivity index (χ3n) is 3.47. The summed E-state index contributed by atoms with van der Waals surface area (Å²) in [6.07, 6.45) is 6.94. The highest BCUT2D eigenvalue weighted by Crippen LogP contribution is 2.27. The summed E-state index contributed by atoms with van der Waals surface area (Å²) >= 11 is 0. The Hall–Kier alpha value is -1.83. The van der Waals surface area contributed by atoms with Gasteiger partial charge in [0.15, 0.2) is 0 Å². The fraction of sp³-hybridized carbons (Fsp3) is 0.267. The Bertz CT molecular complexity index is 529. The molecule has 2 N–H and O–H groups in total. The highest BCUT2D eigenvalue weighted by molar-refractivity contribution is 5.65. The molecule has 86 valence electrons. The van der Waals surface area contributed by atoms with Crippen LogP contribution in [0.25, 0.3) is 11.1 Å². The van der Waals surface area contributed by atoms with Gasteiger partial charge < -0.3 is 5.73 Å². The van der Waals surface area contributed by atoms with Crippen molar-refractivity contribution in [3.8, 4) is 11.1 Å². The molecular weight excluding hydrogens is 208 g/mol. The van der Waals surface area contributed by atoms with Crippen LogP contribution in [0.4, 0.5) is 5.82 Å². The van der Waals surface area contributed by atoms with Gasteiger partial charge in [-0.15, -0.1) is 0 Å². The molecule has 1 aromatic heterocycles. The Morgan fingerprint density at radius 2 is 1.65 bits per heavy atom. The molecule has 0 bridgehead atoms. The van der Waals surface area contributed by atoms with Gasteiger partial charge in [-0.25, -0.2) is 4.98 Å². The quantitative estimate of drug-likeness (QED) is 0.807. The van der Waals surface area contributed by atoms with Crippen molar-refractivity contribution in [1.29, 1.82) is 0 Å². The maximum Gasteiger partial charge on any atom is 0.123 e. The SMILES string of the molecule is Nc1ccc(-c2ccc3c(c2)CCCC3)cn1. The van der Waals surface area contributed by atoms with E-state index in [0.29, 0.717) is 5.82 Å². The molecule has 0 unspecified atom stereocenters. The van der Waals surface area contributed by atoms with Gasteiger partial charge in [-0.1, -0.05) is 18.2 Å². The molecule has 17 heavy (non-hydrogen) atoms. The zero-order valence-corrected chi connectivity index (χ0v) is 9.82. The first kappa shape index (κ1) is 10.3. The second-order valence-corrected chi connectivity index (χ2v) is 4.66. The van der Waals surface area contributed by atoms with Gasteiger partial charge in [-0.05, 0) is 54.5 Å². The highest BCUT2D eigenvalue weighted by atomic mass is 14.8. The summed E-state index contributed by atoms with van der Waals surface area (Å²) in [7, 11) is 0. The van der Waals surface area contributed by atoms with Gasteiger partial charge >= 0.3 is 0 Å². The van der Waals surface area contributed by atoms with Crippen molar-refractivity contribution in [2.75, 3.05) is 5.73 Å². The van der Waals surface area contributed by atoms with Crippen molar-refractivity contribution in [3.63, 3.8) is 0 Å². The van der Waals surface area contributed by atoms with E-state index in [1.165, 1.54) is 42.4 Å². The Morgan fingerprint density at radius 3 is 2.41 bits per heavy atom. The zero-order chi connectivity index (χ0) is 11.7. The third kappa shape index (κ3) is 2.03. The molecule has 0 atom stereocenters. The minimum absolute atomic E-state index is 0.576. The lowest BCUT2D eigenvalue weighted by molar-refractivity contribution is 0.686. The number of hydrogen-bond donors (Lipinski definition) is 1. The molecule has 0 aliphatic heterocycles. The lowest BCUT2D eigenvalue weighted by Crippen LogP contribution is -2.02. The average molecular weight is 224 g/mol. The number of aryl methyl sites for hydroxylation is 2. The molecule has 0 saturated carbocycles. The molecule has 0 amide bonds. The molecule has 3 rings (SSSR count). The molecule has 2 nitrogen and oxygen atoms in total. The second kappa shape index (κ2) is 4.21. The van der Waals surface area contributed by atoms with Crippen molar-refractivity contribution in [2.45, 2.75) is 25.7 Å². The van der Waals surface area contributed by atoms with E-state index in [2.05, 4.69) is 23.2 Å². The van der Waals surface area contributed by atoms with Gasteiger partial charge in [-0.3, -0.25) is 0 Å². The standard InChI is InChI=1S/C15H16N2/c16-15-8-7-14(10-17-15)13-6-5-11-3-1-2-4-12(11)9-13/h5-10H,1-4H2,(H2,16,17). The van der Waals surface area contributed by atoms with E-state index in [4.69, 9.17) is 5.73 Å². The van der Waals surface area contributed by atoms with Crippen LogP contribution in [0.2, 0.25) is 0 Å². The predicted molar refractivity (Wildman–Crippen MR) is 70.7 cm³/mol. The van der Waals surface area contributed by atoms with E-state index in [0.717, 1.165) is 5.56 Å². The highest BCUT2D eigenvalue weighted by Gasteiger charge is 2.10. The van der Waals surface area contributed by atoms with Crippen molar-refractivity contribution in [1.82, 2.24) is 4.98 Å². The summed E-state index contributed by atoms with van der Waals surface area (Å²) in [4.78, 5) is 4.15. The normalized spacial score (nSPS) is 14.4. The van der Waals surface area contributed by atoms with E-state index < -0.39 is 0 Å². The molecule has 2 aromatic rings. The average Bonchev–Trinajstić information content (AvgIpc) is 2.39. The number of benzene rings is 1. The van der Waals surface area contributed by atoms with Gasteiger partial charge in [0, 0.05) is 11.8 Å². The molecule has 0 spiro atoms. The molecule has 0 saturated heterocycles. The number of pyridine rings is 1. The summed E-state index contributed by atoms with van der Waals surface area (Å²) in [6, 6.07) is 10.7. The third-order valence-corrected chi connectivity index (χ3v) is 3.47. The molecule has 0 fully saturated rings. The first-order chi connectivity index (χ1) is 8.33. The van der Waals surface area contributed by atoms with Gasteiger partial charge in [0.05, 0.1) is 0 Å². The Morgan fingerprint density at radius 1 is 0.882 bits per heavy atom. The number of anilines is 1. The zero-order valence-electron chi connectivity index (χ0n) is 9.82. The topological polar surface area (TPSA) is 38.9 Å². The van der Waals surface area contributed by atoms with Crippen LogP contribution in [0.3, 0.4) is 0 Å². The fourth-order valence-corrected chi connectivity index (χ4v) is 2.49. The lowest BCUT2D eigenvalue weighted by Gasteiger charge is -2.16. The largest absolute Gasteiger partial charge is 0.384 e. The van der Waals surface area contributed by atoms with Crippen LogP contribution < -0.4 is 5.73 Å². The van der Waals surface area contributed by atoms with Crippen LogP contribution in [-0.4, -0.2) is 4.98 Å². The second-order valence-electron chi connectivity index (χ2n) is 4.66. The minimum atomic E-state index is 0.576. The summed E-state index contributed by atoms with van der Waals surface area (Å²) in [6.45, 7) is 0.